The zero-order valence-electron chi connectivity index (χ0n) is 16.7. The van der Waals surface area contributed by atoms with Crippen LogP contribution in [0.3, 0.4) is 0 Å². The van der Waals surface area contributed by atoms with Crippen LogP contribution >= 0.6 is 23.2 Å². The molecule has 1 amide bonds. The number of benzene rings is 1. The van der Waals surface area contributed by atoms with E-state index in [4.69, 9.17) is 23.2 Å². The number of halogens is 5. The quantitative estimate of drug-likeness (QED) is 0.476. The predicted molar refractivity (Wildman–Crippen MR) is 116 cm³/mol. The summed E-state index contributed by atoms with van der Waals surface area (Å²) in [6.45, 7) is 0.166. The van der Waals surface area contributed by atoms with Gasteiger partial charge in [0, 0.05) is 12.1 Å². The number of hydrogen-bond acceptors (Lipinski definition) is 5. The number of aromatic nitrogens is 3. The van der Waals surface area contributed by atoms with Crippen LogP contribution in [-0.2, 0) is 17.5 Å². The van der Waals surface area contributed by atoms with Crippen LogP contribution in [0.5, 0.6) is 0 Å². The van der Waals surface area contributed by atoms with Crippen molar-refractivity contribution in [2.75, 3.05) is 10.6 Å². The Labute approximate surface area is 196 Å². The van der Waals surface area contributed by atoms with Gasteiger partial charge in [-0.15, -0.1) is 0 Å². The summed E-state index contributed by atoms with van der Waals surface area (Å²) >= 11 is 12.4. The Morgan fingerprint density at radius 2 is 1.94 bits per heavy atom. The first-order chi connectivity index (χ1) is 15.7. The molecule has 0 bridgehead atoms. The molecule has 1 aliphatic rings. The first kappa shape index (κ1) is 22.9. The highest BCUT2D eigenvalue weighted by atomic mass is 35.5. The molecule has 0 saturated heterocycles. The summed E-state index contributed by atoms with van der Waals surface area (Å²) in [6.07, 6.45) is -1.60. The maximum atomic E-state index is 13.2. The molecule has 0 aliphatic heterocycles. The number of hydrogen-bond donors (Lipinski definition) is 2. The average molecular weight is 495 g/mol. The Balaban J connectivity index is 1.82. The number of amides is 1. The third-order valence-electron chi connectivity index (χ3n) is 4.91. The number of nitrogens with zero attached hydrogens (tertiary/aromatic N) is 4. The lowest BCUT2D eigenvalue weighted by Crippen LogP contribution is -2.16. The molecular formula is C21H15Cl2F3N6O. The van der Waals surface area contributed by atoms with Gasteiger partial charge in [-0.2, -0.15) is 23.5 Å². The van der Waals surface area contributed by atoms with Crippen LogP contribution in [0.1, 0.15) is 29.8 Å². The third-order valence-corrected chi connectivity index (χ3v) is 5.48. The van der Waals surface area contributed by atoms with Crippen molar-refractivity contribution in [1.82, 2.24) is 14.8 Å². The molecule has 170 valence electrons. The summed E-state index contributed by atoms with van der Waals surface area (Å²) in [5, 5.41) is 18.9. The Morgan fingerprint density at radius 3 is 2.48 bits per heavy atom. The van der Waals surface area contributed by atoms with Crippen LogP contribution in [0.15, 0.2) is 36.5 Å². The fraction of sp³-hybridized carbons (Fsp3) is 0.238. The summed E-state index contributed by atoms with van der Waals surface area (Å²) < 4.78 is 40.6. The zero-order valence-corrected chi connectivity index (χ0v) is 18.3. The maximum absolute atomic E-state index is 13.2. The molecule has 3 aromatic rings. The van der Waals surface area contributed by atoms with E-state index in [0.717, 1.165) is 29.7 Å². The minimum atomic E-state index is -4.66. The van der Waals surface area contributed by atoms with E-state index in [9.17, 15) is 23.2 Å². The maximum Gasteiger partial charge on any atom is 0.416 e. The minimum absolute atomic E-state index is 0.0710. The Kier molecular flexibility index (Phi) is 6.19. The molecule has 2 aromatic heterocycles. The standard InChI is InChI=1S/C21H15Cl2F3N6O/c22-14-7-12(21(24,25)26)8-15(23)18(14)32-19(29-10-13-3-1-2-6-28-13)17(16(9-27)31-32)30-20(33)11-4-5-11/h1-3,6-8,11,29H,4-5,10H2,(H,30,33). The van der Waals surface area contributed by atoms with Gasteiger partial charge in [-0.25, -0.2) is 4.68 Å². The van der Waals surface area contributed by atoms with Crippen molar-refractivity contribution in [2.45, 2.75) is 25.6 Å². The van der Waals surface area contributed by atoms with E-state index in [1.165, 1.54) is 0 Å². The monoisotopic (exact) mass is 494 g/mol. The van der Waals surface area contributed by atoms with Crippen LogP contribution in [0.4, 0.5) is 24.7 Å². The smallest absolute Gasteiger partial charge is 0.363 e. The van der Waals surface area contributed by atoms with Crippen LogP contribution in [0.25, 0.3) is 5.69 Å². The molecule has 2 N–H and O–H groups in total. The van der Waals surface area contributed by atoms with Crippen LogP contribution in [0.2, 0.25) is 10.0 Å². The van der Waals surface area contributed by atoms with Crippen molar-refractivity contribution < 1.29 is 18.0 Å². The molecule has 12 heteroatoms. The molecule has 2 heterocycles. The molecule has 1 fully saturated rings. The van der Waals surface area contributed by atoms with E-state index in [1.807, 2.05) is 6.07 Å². The molecule has 1 aliphatic carbocycles. The van der Waals surface area contributed by atoms with Crippen molar-refractivity contribution in [2.24, 2.45) is 5.92 Å². The lowest BCUT2D eigenvalue weighted by atomic mass is 10.2. The van der Waals surface area contributed by atoms with Crippen molar-refractivity contribution in [3.05, 3.63) is 63.5 Å². The van der Waals surface area contributed by atoms with Gasteiger partial charge in [-0.1, -0.05) is 29.3 Å². The number of anilines is 2. The van der Waals surface area contributed by atoms with Crippen LogP contribution in [0, 0.1) is 17.2 Å². The molecule has 0 unspecified atom stereocenters. The molecule has 0 spiro atoms. The van der Waals surface area contributed by atoms with Gasteiger partial charge in [-0.05, 0) is 37.1 Å². The fourth-order valence-corrected chi connectivity index (χ4v) is 3.77. The second kappa shape index (κ2) is 8.92. The van der Waals surface area contributed by atoms with Crippen molar-refractivity contribution in [3.63, 3.8) is 0 Å². The predicted octanol–water partition coefficient (Wildman–Crippen LogP) is 5.43. The van der Waals surface area contributed by atoms with Gasteiger partial charge in [0.05, 0.1) is 27.8 Å². The Hall–Kier alpha value is -3.29. The number of carbonyl (C=O) groups excluding carboxylic acids is 1. The molecule has 1 aromatic carbocycles. The first-order valence-electron chi connectivity index (χ1n) is 9.73. The first-order valence-corrected chi connectivity index (χ1v) is 10.5. The molecule has 1 saturated carbocycles. The molecule has 33 heavy (non-hydrogen) atoms. The average Bonchev–Trinajstić information content (AvgIpc) is 3.56. The van der Waals surface area contributed by atoms with Gasteiger partial charge in [0.25, 0.3) is 0 Å². The number of nitriles is 1. The third kappa shape index (κ3) is 4.89. The van der Waals surface area contributed by atoms with E-state index >= 15 is 0 Å². The molecule has 0 radical (unpaired) electrons. The van der Waals surface area contributed by atoms with Gasteiger partial charge < -0.3 is 10.6 Å². The Morgan fingerprint density at radius 1 is 1.24 bits per heavy atom. The number of rotatable bonds is 6. The largest absolute Gasteiger partial charge is 0.416 e. The zero-order chi connectivity index (χ0) is 23.8. The molecular weight excluding hydrogens is 480 g/mol. The normalized spacial score (nSPS) is 13.5. The van der Waals surface area contributed by atoms with Gasteiger partial charge in [0.1, 0.15) is 17.4 Å². The summed E-state index contributed by atoms with van der Waals surface area (Å²) in [6, 6.07) is 8.61. The topological polar surface area (TPSA) is 95.6 Å². The van der Waals surface area contributed by atoms with Gasteiger partial charge in [0.2, 0.25) is 5.91 Å². The highest BCUT2D eigenvalue weighted by Gasteiger charge is 2.34. The second-order valence-corrected chi connectivity index (χ2v) is 8.13. The van der Waals surface area contributed by atoms with Crippen molar-refractivity contribution in [1.29, 1.82) is 5.26 Å². The summed E-state index contributed by atoms with van der Waals surface area (Å²) in [5.41, 5.74) is -0.540. The van der Waals surface area contributed by atoms with E-state index in [-0.39, 0.29) is 51.3 Å². The van der Waals surface area contributed by atoms with Gasteiger partial charge in [-0.3, -0.25) is 9.78 Å². The highest BCUT2D eigenvalue weighted by molar-refractivity contribution is 6.38. The highest BCUT2D eigenvalue weighted by Crippen LogP contribution is 2.40. The van der Waals surface area contributed by atoms with E-state index in [1.54, 1.807) is 24.4 Å². The lowest BCUT2D eigenvalue weighted by Gasteiger charge is -2.16. The van der Waals surface area contributed by atoms with Crippen LogP contribution in [-0.4, -0.2) is 20.7 Å². The lowest BCUT2D eigenvalue weighted by molar-refractivity contribution is -0.137. The summed E-state index contributed by atoms with van der Waals surface area (Å²) in [5.74, 6) is -0.312. The SMILES string of the molecule is N#Cc1nn(-c2c(Cl)cc(C(F)(F)F)cc2Cl)c(NCc2ccccn2)c1NC(=O)C1CC1. The fourth-order valence-electron chi connectivity index (χ4n) is 3.12. The van der Waals surface area contributed by atoms with Crippen molar-refractivity contribution in [3.8, 4) is 11.8 Å². The number of pyridine rings is 1. The van der Waals surface area contributed by atoms with Crippen LogP contribution < -0.4 is 10.6 Å². The number of alkyl halides is 3. The van der Waals surface area contributed by atoms with Gasteiger partial charge in [0.15, 0.2) is 11.5 Å². The molecule has 0 atom stereocenters. The number of carbonyl (C=O) groups is 1. The van der Waals surface area contributed by atoms with Crippen molar-refractivity contribution >= 4 is 40.6 Å². The Bertz CT molecular complexity index is 1230. The van der Waals surface area contributed by atoms with E-state index < -0.39 is 11.7 Å². The summed E-state index contributed by atoms with van der Waals surface area (Å²) in [7, 11) is 0. The molecule has 4 rings (SSSR count). The van der Waals surface area contributed by atoms with E-state index in [2.05, 4.69) is 20.7 Å². The minimum Gasteiger partial charge on any atom is -0.363 e. The van der Waals surface area contributed by atoms with E-state index in [0.29, 0.717) is 5.69 Å². The summed E-state index contributed by atoms with van der Waals surface area (Å²) in [4.78, 5) is 16.6. The van der Waals surface area contributed by atoms with Gasteiger partial charge >= 0.3 is 6.18 Å². The number of nitrogens with one attached hydrogen (secondary N) is 2. The second-order valence-electron chi connectivity index (χ2n) is 7.32. The molecule has 7 nitrogen and oxygen atoms in total.